The standard InChI is InChI=1S/C72H136O6/c1-4-7-10-13-15-17-19-21-23-25-27-29-31-33-35-36-37-39-40-42-44-46-48-50-52-54-56-59-62-65-71(74)77-68-69(67-76-70(73)64-61-58-12-9-6-3)78-72(75)66-63-60-57-55-53-51-49-47-45-43-41-38-34-32-30-28-26-24-22-20-18-16-14-11-8-5-2/h19,21,25,27,69H,4-18,20,22-24,26,28-68H2,1-3H3/b21-19-,27-25-. The quantitative estimate of drug-likeness (QED) is 0.0261. The minimum atomic E-state index is -0.764. The summed E-state index contributed by atoms with van der Waals surface area (Å²) in [7, 11) is 0. The van der Waals surface area contributed by atoms with Crippen molar-refractivity contribution in [3.63, 3.8) is 0 Å². The topological polar surface area (TPSA) is 78.9 Å². The second kappa shape index (κ2) is 67.4. The van der Waals surface area contributed by atoms with Gasteiger partial charge in [-0.3, -0.25) is 14.4 Å². The molecule has 0 N–H and O–H groups in total. The molecule has 0 rings (SSSR count). The number of carbonyl (C=O) groups is 3. The smallest absolute Gasteiger partial charge is 0.306 e. The molecule has 0 aromatic carbocycles. The molecule has 6 heteroatoms. The summed E-state index contributed by atoms with van der Waals surface area (Å²) in [6.07, 6.45) is 82.7. The third-order valence-electron chi connectivity index (χ3n) is 16.2. The lowest BCUT2D eigenvalue weighted by Crippen LogP contribution is -2.30. The summed E-state index contributed by atoms with van der Waals surface area (Å²) in [4.78, 5) is 38.0. The average molecular weight is 1100 g/mol. The van der Waals surface area contributed by atoms with Gasteiger partial charge >= 0.3 is 17.9 Å². The van der Waals surface area contributed by atoms with E-state index >= 15 is 0 Å². The van der Waals surface area contributed by atoms with Gasteiger partial charge in [-0.05, 0) is 51.4 Å². The van der Waals surface area contributed by atoms with Gasteiger partial charge in [-0.2, -0.15) is 0 Å². The van der Waals surface area contributed by atoms with E-state index in [0.717, 1.165) is 70.6 Å². The van der Waals surface area contributed by atoms with Crippen LogP contribution in [0.25, 0.3) is 0 Å². The average Bonchev–Trinajstić information content (AvgIpc) is 3.44. The molecule has 0 saturated heterocycles. The third kappa shape index (κ3) is 64.7. The zero-order valence-corrected chi connectivity index (χ0v) is 53.0. The summed E-state index contributed by atoms with van der Waals surface area (Å²) in [6, 6.07) is 0. The molecular weight excluding hydrogens is 961 g/mol. The minimum Gasteiger partial charge on any atom is -0.462 e. The van der Waals surface area contributed by atoms with Gasteiger partial charge in [0, 0.05) is 19.3 Å². The Morgan fingerprint density at radius 1 is 0.256 bits per heavy atom. The monoisotopic (exact) mass is 1100 g/mol. The van der Waals surface area contributed by atoms with Crippen LogP contribution in [0.2, 0.25) is 0 Å². The Morgan fingerprint density at radius 3 is 0.705 bits per heavy atom. The van der Waals surface area contributed by atoms with E-state index in [4.69, 9.17) is 14.2 Å². The van der Waals surface area contributed by atoms with Gasteiger partial charge in [-0.15, -0.1) is 0 Å². The van der Waals surface area contributed by atoms with E-state index in [1.165, 1.54) is 289 Å². The number of rotatable bonds is 66. The normalized spacial score (nSPS) is 12.1. The number of unbranched alkanes of at least 4 members (excludes halogenated alkanes) is 51. The van der Waals surface area contributed by atoms with Crippen LogP contribution >= 0.6 is 0 Å². The molecule has 0 aliphatic rings. The SMILES string of the molecule is CCCCCCC/C=C\C/C=C\CCCCCCCCCCCCCCCCCCCC(=O)OCC(COC(=O)CCCCCCC)OC(=O)CCCCCCCCCCCCCCCCCCCCCCCCCCCC. The summed E-state index contributed by atoms with van der Waals surface area (Å²) in [6.45, 7) is 6.62. The van der Waals surface area contributed by atoms with Crippen LogP contribution < -0.4 is 0 Å². The number of hydrogen-bond donors (Lipinski definition) is 0. The Hall–Kier alpha value is -2.11. The van der Waals surface area contributed by atoms with Crippen LogP contribution in [0.5, 0.6) is 0 Å². The fourth-order valence-corrected chi connectivity index (χ4v) is 10.9. The first-order valence-corrected chi connectivity index (χ1v) is 35.3. The molecule has 0 aliphatic carbocycles. The van der Waals surface area contributed by atoms with Crippen LogP contribution in [0, 0.1) is 0 Å². The Bertz CT molecular complexity index is 1260. The molecular formula is C72H136O6. The molecule has 6 nitrogen and oxygen atoms in total. The maximum Gasteiger partial charge on any atom is 0.306 e. The summed E-state index contributed by atoms with van der Waals surface area (Å²) in [5, 5.41) is 0. The van der Waals surface area contributed by atoms with Crippen molar-refractivity contribution in [1.29, 1.82) is 0 Å². The van der Waals surface area contributed by atoms with Crippen LogP contribution in [0.4, 0.5) is 0 Å². The Morgan fingerprint density at radius 2 is 0.462 bits per heavy atom. The molecule has 78 heavy (non-hydrogen) atoms. The largest absolute Gasteiger partial charge is 0.462 e. The van der Waals surface area contributed by atoms with Crippen LogP contribution in [0.3, 0.4) is 0 Å². The molecule has 0 amide bonds. The van der Waals surface area contributed by atoms with Crippen LogP contribution in [-0.4, -0.2) is 37.2 Å². The molecule has 0 heterocycles. The van der Waals surface area contributed by atoms with Gasteiger partial charge in [0.05, 0.1) is 0 Å². The third-order valence-corrected chi connectivity index (χ3v) is 16.2. The summed E-state index contributed by atoms with van der Waals surface area (Å²) < 4.78 is 16.8. The summed E-state index contributed by atoms with van der Waals surface area (Å²) >= 11 is 0. The molecule has 1 atom stereocenters. The zero-order valence-electron chi connectivity index (χ0n) is 53.0. The lowest BCUT2D eigenvalue weighted by Gasteiger charge is -2.18. The van der Waals surface area contributed by atoms with Gasteiger partial charge < -0.3 is 14.2 Å². The van der Waals surface area contributed by atoms with Gasteiger partial charge in [0.15, 0.2) is 6.10 Å². The molecule has 0 aliphatic heterocycles. The maximum atomic E-state index is 12.9. The van der Waals surface area contributed by atoms with Crippen LogP contribution in [-0.2, 0) is 28.6 Å². The zero-order chi connectivity index (χ0) is 56.4. The first-order valence-electron chi connectivity index (χ1n) is 35.3. The highest BCUT2D eigenvalue weighted by Crippen LogP contribution is 2.19. The van der Waals surface area contributed by atoms with Crippen molar-refractivity contribution in [3.8, 4) is 0 Å². The molecule has 0 saturated carbocycles. The van der Waals surface area contributed by atoms with E-state index in [0.29, 0.717) is 19.3 Å². The highest BCUT2D eigenvalue weighted by atomic mass is 16.6. The highest BCUT2D eigenvalue weighted by molar-refractivity contribution is 5.71. The van der Waals surface area contributed by atoms with Crippen molar-refractivity contribution in [2.24, 2.45) is 0 Å². The summed E-state index contributed by atoms with van der Waals surface area (Å²) in [5.74, 6) is -0.851. The Labute approximate surface area is 487 Å². The first kappa shape index (κ1) is 75.9. The molecule has 0 radical (unpaired) electrons. The van der Waals surface area contributed by atoms with Crippen molar-refractivity contribution >= 4 is 17.9 Å². The van der Waals surface area contributed by atoms with Gasteiger partial charge in [0.25, 0.3) is 0 Å². The lowest BCUT2D eigenvalue weighted by molar-refractivity contribution is -0.167. The van der Waals surface area contributed by atoms with E-state index in [-0.39, 0.29) is 31.1 Å². The van der Waals surface area contributed by atoms with Gasteiger partial charge in [0.2, 0.25) is 0 Å². The molecule has 460 valence electrons. The molecule has 0 spiro atoms. The molecule has 0 aromatic heterocycles. The van der Waals surface area contributed by atoms with Crippen molar-refractivity contribution in [2.45, 2.75) is 406 Å². The van der Waals surface area contributed by atoms with E-state index < -0.39 is 6.10 Å². The van der Waals surface area contributed by atoms with Gasteiger partial charge in [-0.1, -0.05) is 353 Å². The Kier molecular flexibility index (Phi) is 65.6. The van der Waals surface area contributed by atoms with Crippen LogP contribution in [0.15, 0.2) is 24.3 Å². The number of carbonyl (C=O) groups excluding carboxylic acids is 3. The minimum absolute atomic E-state index is 0.0653. The maximum absolute atomic E-state index is 12.9. The molecule has 0 fully saturated rings. The van der Waals surface area contributed by atoms with Gasteiger partial charge in [0.1, 0.15) is 13.2 Å². The van der Waals surface area contributed by atoms with Crippen molar-refractivity contribution in [2.75, 3.05) is 13.2 Å². The number of allylic oxidation sites excluding steroid dienone is 4. The molecule has 0 aromatic rings. The first-order chi connectivity index (χ1) is 38.5. The van der Waals surface area contributed by atoms with Crippen molar-refractivity contribution in [1.82, 2.24) is 0 Å². The highest BCUT2D eigenvalue weighted by Gasteiger charge is 2.19. The fourth-order valence-electron chi connectivity index (χ4n) is 10.9. The van der Waals surface area contributed by atoms with Crippen LogP contribution in [0.1, 0.15) is 400 Å². The van der Waals surface area contributed by atoms with E-state index in [1.54, 1.807) is 0 Å². The van der Waals surface area contributed by atoms with E-state index in [1.807, 2.05) is 0 Å². The molecule has 0 bridgehead atoms. The predicted octanol–water partition coefficient (Wildman–Crippen LogP) is 24.2. The number of esters is 3. The summed E-state index contributed by atoms with van der Waals surface area (Å²) in [5.41, 5.74) is 0. The van der Waals surface area contributed by atoms with E-state index in [9.17, 15) is 14.4 Å². The van der Waals surface area contributed by atoms with Crippen molar-refractivity contribution < 1.29 is 28.6 Å². The number of ether oxygens (including phenoxy) is 3. The predicted molar refractivity (Wildman–Crippen MR) is 340 cm³/mol. The van der Waals surface area contributed by atoms with Gasteiger partial charge in [-0.25, -0.2) is 0 Å². The lowest BCUT2D eigenvalue weighted by atomic mass is 10.0. The van der Waals surface area contributed by atoms with E-state index in [2.05, 4.69) is 45.1 Å². The second-order valence-electron chi connectivity index (χ2n) is 24.2. The van der Waals surface area contributed by atoms with Crippen molar-refractivity contribution in [3.05, 3.63) is 24.3 Å². The second-order valence-corrected chi connectivity index (χ2v) is 24.2. The number of hydrogen-bond acceptors (Lipinski definition) is 6. The molecule has 1 unspecified atom stereocenters. The fraction of sp³-hybridized carbons (Fsp3) is 0.903. The Balaban J connectivity index is 3.91.